The van der Waals surface area contributed by atoms with Gasteiger partial charge in [0.15, 0.2) is 0 Å². The van der Waals surface area contributed by atoms with Gasteiger partial charge in [-0.1, -0.05) is 92.2 Å². The summed E-state index contributed by atoms with van der Waals surface area (Å²) in [5.41, 5.74) is 5.81. The van der Waals surface area contributed by atoms with E-state index >= 15 is 0 Å². The number of hydrogen-bond acceptors (Lipinski definition) is 4. The van der Waals surface area contributed by atoms with Gasteiger partial charge in [-0.15, -0.1) is 0 Å². The standard InChI is InChI=1S/C38H45N3O4S/c1-27(2)24-39-38(43)36(23-32-13-8-7-9-14-32)40(25-33-15-11-10-12-31(33)6)37(42)26-41(34-21-29(4)20-30(5)22-34)46(44,45)35-18-16-28(3)17-19-35/h7-22,27,36H,23-26H2,1-6H3,(H,39,43)/t36-/m0/s1. The Kier molecular flexibility index (Phi) is 11.4. The Bertz CT molecular complexity index is 1730. The van der Waals surface area contributed by atoms with Crippen LogP contribution in [0.1, 0.15) is 47.2 Å². The molecule has 0 saturated heterocycles. The second-order valence-electron chi connectivity index (χ2n) is 12.5. The maximum absolute atomic E-state index is 14.7. The van der Waals surface area contributed by atoms with Crippen LogP contribution in [0.25, 0.3) is 0 Å². The van der Waals surface area contributed by atoms with Crippen molar-refractivity contribution in [2.45, 2.75) is 65.4 Å². The number of nitrogens with one attached hydrogen (secondary N) is 1. The van der Waals surface area contributed by atoms with Gasteiger partial charge in [0, 0.05) is 19.5 Å². The van der Waals surface area contributed by atoms with Crippen LogP contribution in [0.5, 0.6) is 0 Å². The summed E-state index contributed by atoms with van der Waals surface area (Å²) < 4.78 is 29.7. The van der Waals surface area contributed by atoms with Crippen molar-refractivity contribution in [2.24, 2.45) is 5.92 Å². The highest BCUT2D eigenvalue weighted by Gasteiger charge is 2.35. The lowest BCUT2D eigenvalue weighted by molar-refractivity contribution is -0.140. The average Bonchev–Trinajstić information content (AvgIpc) is 3.01. The number of benzene rings is 4. The summed E-state index contributed by atoms with van der Waals surface area (Å²) in [5.74, 6) is -0.542. The molecule has 0 heterocycles. The van der Waals surface area contributed by atoms with Crippen LogP contribution < -0.4 is 9.62 Å². The summed E-state index contributed by atoms with van der Waals surface area (Å²) >= 11 is 0. The number of aryl methyl sites for hydroxylation is 4. The summed E-state index contributed by atoms with van der Waals surface area (Å²) in [6.07, 6.45) is 0.274. The molecule has 7 nitrogen and oxygen atoms in total. The minimum atomic E-state index is -4.16. The third kappa shape index (κ3) is 8.85. The quantitative estimate of drug-likeness (QED) is 0.180. The first-order chi connectivity index (χ1) is 21.8. The molecule has 4 aromatic rings. The van der Waals surface area contributed by atoms with E-state index in [4.69, 9.17) is 0 Å². The van der Waals surface area contributed by atoms with Crippen LogP contribution in [0.2, 0.25) is 0 Å². The molecule has 8 heteroatoms. The number of nitrogens with zero attached hydrogens (tertiary/aromatic N) is 2. The average molecular weight is 640 g/mol. The van der Waals surface area contributed by atoms with Gasteiger partial charge in [0.25, 0.3) is 10.0 Å². The fraction of sp³-hybridized carbons (Fsp3) is 0.316. The number of rotatable bonds is 13. The summed E-state index contributed by atoms with van der Waals surface area (Å²) in [4.78, 5) is 30.2. The monoisotopic (exact) mass is 639 g/mol. The molecule has 0 bridgehead atoms. The maximum Gasteiger partial charge on any atom is 0.264 e. The van der Waals surface area contributed by atoms with E-state index in [1.165, 1.54) is 4.31 Å². The van der Waals surface area contributed by atoms with Crippen molar-refractivity contribution in [3.05, 3.63) is 130 Å². The van der Waals surface area contributed by atoms with Crippen LogP contribution in [-0.4, -0.2) is 44.3 Å². The molecular formula is C38H45N3O4S. The molecule has 0 aromatic heterocycles. The van der Waals surface area contributed by atoms with Gasteiger partial charge < -0.3 is 10.2 Å². The lowest BCUT2D eigenvalue weighted by Crippen LogP contribution is -2.53. The zero-order valence-corrected chi connectivity index (χ0v) is 28.5. The van der Waals surface area contributed by atoms with Crippen molar-refractivity contribution in [3.8, 4) is 0 Å². The highest BCUT2D eigenvalue weighted by atomic mass is 32.2. The van der Waals surface area contributed by atoms with E-state index in [1.807, 2.05) is 102 Å². The molecule has 0 aliphatic rings. The fourth-order valence-electron chi connectivity index (χ4n) is 5.41. The Hall–Kier alpha value is -4.43. The summed E-state index contributed by atoms with van der Waals surface area (Å²) in [6, 6.07) is 28.6. The predicted octanol–water partition coefficient (Wildman–Crippen LogP) is 6.53. The number of anilines is 1. The molecule has 0 saturated carbocycles. The molecule has 0 aliphatic heterocycles. The van der Waals surface area contributed by atoms with E-state index in [-0.39, 0.29) is 29.7 Å². The molecule has 1 atom stereocenters. The summed E-state index contributed by atoms with van der Waals surface area (Å²) in [6.45, 7) is 11.8. The molecule has 0 aliphatic carbocycles. The Morgan fingerprint density at radius 2 is 1.37 bits per heavy atom. The van der Waals surface area contributed by atoms with Crippen molar-refractivity contribution in [2.75, 3.05) is 17.4 Å². The highest BCUT2D eigenvalue weighted by molar-refractivity contribution is 7.92. The van der Waals surface area contributed by atoms with E-state index < -0.39 is 28.5 Å². The SMILES string of the molecule is Cc1ccc(S(=O)(=O)N(CC(=O)N(Cc2ccccc2C)[C@@H](Cc2ccccc2)C(=O)NCC(C)C)c2cc(C)cc(C)c2)cc1. The van der Waals surface area contributed by atoms with Gasteiger partial charge in [-0.05, 0) is 85.7 Å². The van der Waals surface area contributed by atoms with E-state index in [0.29, 0.717) is 12.2 Å². The topological polar surface area (TPSA) is 86.8 Å². The fourth-order valence-corrected chi connectivity index (χ4v) is 6.81. The first-order valence-electron chi connectivity index (χ1n) is 15.7. The molecule has 0 fully saturated rings. The molecule has 1 N–H and O–H groups in total. The number of carbonyl (C=O) groups excluding carboxylic acids is 2. The molecule has 242 valence electrons. The molecule has 0 radical (unpaired) electrons. The Balaban J connectivity index is 1.83. The van der Waals surface area contributed by atoms with Crippen LogP contribution in [0.3, 0.4) is 0 Å². The lowest BCUT2D eigenvalue weighted by atomic mass is 10.0. The highest BCUT2D eigenvalue weighted by Crippen LogP contribution is 2.27. The Morgan fingerprint density at radius 1 is 0.761 bits per heavy atom. The smallest absolute Gasteiger partial charge is 0.264 e. The van der Waals surface area contributed by atoms with Crippen molar-refractivity contribution in [1.82, 2.24) is 10.2 Å². The number of hydrogen-bond donors (Lipinski definition) is 1. The Labute approximate surface area is 274 Å². The lowest BCUT2D eigenvalue weighted by Gasteiger charge is -2.34. The minimum Gasteiger partial charge on any atom is -0.354 e. The van der Waals surface area contributed by atoms with E-state index in [2.05, 4.69) is 5.32 Å². The molecular weight excluding hydrogens is 595 g/mol. The molecule has 46 heavy (non-hydrogen) atoms. The van der Waals surface area contributed by atoms with Gasteiger partial charge in [-0.2, -0.15) is 0 Å². The van der Waals surface area contributed by atoms with Crippen molar-refractivity contribution in [3.63, 3.8) is 0 Å². The molecule has 2 amide bonds. The van der Waals surface area contributed by atoms with Gasteiger partial charge in [0.1, 0.15) is 12.6 Å². The number of carbonyl (C=O) groups is 2. The van der Waals surface area contributed by atoms with Crippen molar-refractivity contribution in [1.29, 1.82) is 0 Å². The van der Waals surface area contributed by atoms with E-state index in [0.717, 1.165) is 33.4 Å². The van der Waals surface area contributed by atoms with Crippen LogP contribution in [0, 0.1) is 33.6 Å². The zero-order valence-electron chi connectivity index (χ0n) is 27.7. The third-order valence-corrected chi connectivity index (χ3v) is 9.73. The van der Waals surface area contributed by atoms with Crippen LogP contribution in [0.4, 0.5) is 5.69 Å². The number of sulfonamides is 1. The largest absolute Gasteiger partial charge is 0.354 e. The molecule has 4 rings (SSSR count). The van der Waals surface area contributed by atoms with Crippen LogP contribution in [-0.2, 0) is 32.6 Å². The van der Waals surface area contributed by atoms with Crippen LogP contribution in [0.15, 0.2) is 102 Å². The van der Waals surface area contributed by atoms with Crippen molar-refractivity contribution >= 4 is 27.5 Å². The van der Waals surface area contributed by atoms with Gasteiger partial charge >= 0.3 is 0 Å². The van der Waals surface area contributed by atoms with Gasteiger partial charge in [-0.3, -0.25) is 13.9 Å². The van der Waals surface area contributed by atoms with Gasteiger partial charge in [0.05, 0.1) is 10.6 Å². The predicted molar refractivity (Wildman–Crippen MR) is 185 cm³/mol. The first kappa shape index (κ1) is 34.4. The zero-order chi connectivity index (χ0) is 33.4. The van der Waals surface area contributed by atoms with Crippen molar-refractivity contribution < 1.29 is 18.0 Å². The van der Waals surface area contributed by atoms with E-state index in [1.54, 1.807) is 41.3 Å². The number of amides is 2. The summed E-state index contributed by atoms with van der Waals surface area (Å²) in [5, 5.41) is 3.03. The first-order valence-corrected chi connectivity index (χ1v) is 17.1. The minimum absolute atomic E-state index is 0.0889. The van der Waals surface area contributed by atoms with Gasteiger partial charge in [-0.25, -0.2) is 8.42 Å². The maximum atomic E-state index is 14.7. The second-order valence-corrected chi connectivity index (χ2v) is 14.3. The summed E-state index contributed by atoms with van der Waals surface area (Å²) in [7, 11) is -4.16. The van der Waals surface area contributed by atoms with Crippen LogP contribution >= 0.6 is 0 Å². The Morgan fingerprint density at radius 3 is 1.98 bits per heavy atom. The molecule has 4 aromatic carbocycles. The molecule has 0 spiro atoms. The van der Waals surface area contributed by atoms with Gasteiger partial charge in [0.2, 0.25) is 11.8 Å². The normalized spacial score (nSPS) is 12.1. The van der Waals surface area contributed by atoms with E-state index in [9.17, 15) is 18.0 Å². The second kappa shape index (κ2) is 15.2. The third-order valence-electron chi connectivity index (χ3n) is 7.94. The molecule has 0 unspecified atom stereocenters.